The topological polar surface area (TPSA) is 86.7 Å². The van der Waals surface area contributed by atoms with Gasteiger partial charge in [0.25, 0.3) is 0 Å². The van der Waals surface area contributed by atoms with E-state index in [0.29, 0.717) is 6.61 Å². The lowest BCUT2D eigenvalue weighted by atomic mass is 9.94. The van der Waals surface area contributed by atoms with Crippen molar-refractivity contribution in [2.45, 2.75) is 110 Å². The van der Waals surface area contributed by atoms with Gasteiger partial charge in [-0.15, -0.1) is 0 Å². The van der Waals surface area contributed by atoms with Crippen LogP contribution in [0.2, 0.25) is 0 Å². The molecule has 0 unspecified atom stereocenters. The second-order valence-corrected chi connectivity index (χ2v) is 9.59. The monoisotopic (exact) mass is 429 g/mol. The summed E-state index contributed by atoms with van der Waals surface area (Å²) in [6.07, 6.45) is 0.251. The summed E-state index contributed by atoms with van der Waals surface area (Å²) in [4.78, 5) is 14.0. The Labute approximate surface area is 180 Å². The lowest BCUT2D eigenvalue weighted by molar-refractivity contribution is -0.175. The highest BCUT2D eigenvalue weighted by atomic mass is 16.8. The molecule has 0 saturated carbocycles. The molecule has 0 bridgehead atoms. The van der Waals surface area contributed by atoms with E-state index >= 15 is 0 Å². The van der Waals surface area contributed by atoms with Crippen molar-refractivity contribution in [1.82, 2.24) is 4.90 Å². The van der Waals surface area contributed by atoms with Gasteiger partial charge in [-0.3, -0.25) is 0 Å². The summed E-state index contributed by atoms with van der Waals surface area (Å²) in [6.45, 7) is 17.2. The van der Waals surface area contributed by atoms with Gasteiger partial charge in [-0.2, -0.15) is 0 Å². The minimum atomic E-state index is -0.884. The molecule has 174 valence electrons. The van der Waals surface area contributed by atoms with Gasteiger partial charge in [-0.05, 0) is 61.5 Å². The highest BCUT2D eigenvalue weighted by Crippen LogP contribution is 2.38. The van der Waals surface area contributed by atoms with Crippen molar-refractivity contribution >= 4 is 6.09 Å². The molecule has 8 nitrogen and oxygen atoms in total. The Kier molecular flexibility index (Phi) is 7.96. The fourth-order valence-corrected chi connectivity index (χ4v) is 3.96. The quantitative estimate of drug-likeness (QED) is 0.621. The van der Waals surface area contributed by atoms with Crippen LogP contribution in [0.4, 0.5) is 4.79 Å². The average Bonchev–Trinajstić information content (AvgIpc) is 3.11. The average molecular weight is 430 g/mol. The molecule has 2 saturated heterocycles. The van der Waals surface area contributed by atoms with Crippen molar-refractivity contribution < 1.29 is 33.6 Å². The van der Waals surface area contributed by atoms with Crippen molar-refractivity contribution in [3.8, 4) is 0 Å². The van der Waals surface area contributed by atoms with Gasteiger partial charge in [0.2, 0.25) is 0 Å². The smallest absolute Gasteiger partial charge is 0.415 e. The highest BCUT2D eigenvalue weighted by Gasteiger charge is 2.52. The van der Waals surface area contributed by atoms with Crippen LogP contribution in [-0.2, 0) is 23.7 Å². The third-order valence-corrected chi connectivity index (χ3v) is 5.31. The first-order chi connectivity index (χ1) is 13.7. The summed E-state index contributed by atoms with van der Waals surface area (Å²) in [5.74, 6) is -1.89. The predicted octanol–water partition coefficient (Wildman–Crippen LogP) is 3.42. The minimum absolute atomic E-state index is 0.0267. The molecule has 2 rings (SSSR count). The fourth-order valence-electron chi connectivity index (χ4n) is 3.96. The van der Waals surface area contributed by atoms with E-state index in [2.05, 4.69) is 0 Å². The Bertz CT molecular complexity index is 609. The first kappa shape index (κ1) is 25.1. The number of aliphatic hydroxyl groups is 1. The molecule has 2 aliphatic rings. The summed E-state index contributed by atoms with van der Waals surface area (Å²) in [5.41, 5.74) is 0. The van der Waals surface area contributed by atoms with Crippen molar-refractivity contribution in [2.75, 3.05) is 6.61 Å². The Hall–Kier alpha value is -1.19. The third kappa shape index (κ3) is 6.17. The standard InChI is InChI=1S/C22H39NO7/c1-13(2)23(14(3)4)20(25)26-11-10-15(5)17(24)19-18(29-22(8,9)30-19)16-12-27-21(6,7)28-16/h10-11,13-19,24H,12H2,1-9H3/b11-10-/t15-,16+,17-,18+,19-/m0/s1. The number of carbonyl (C=O) groups excluding carboxylic acids is 1. The van der Waals surface area contributed by atoms with E-state index in [1.165, 1.54) is 6.26 Å². The number of aliphatic hydroxyl groups excluding tert-OH is 1. The summed E-state index contributed by atoms with van der Waals surface area (Å²) < 4.78 is 28.9. The lowest BCUT2D eigenvalue weighted by Gasteiger charge is -2.29. The van der Waals surface area contributed by atoms with Crippen LogP contribution in [0.3, 0.4) is 0 Å². The first-order valence-electron chi connectivity index (χ1n) is 10.7. The van der Waals surface area contributed by atoms with E-state index in [1.54, 1.807) is 11.0 Å². The fraction of sp³-hybridized carbons (Fsp3) is 0.864. The lowest BCUT2D eigenvalue weighted by Crippen LogP contribution is -2.46. The molecular formula is C22H39NO7. The van der Waals surface area contributed by atoms with Gasteiger partial charge in [0.1, 0.15) is 18.3 Å². The third-order valence-electron chi connectivity index (χ3n) is 5.31. The van der Waals surface area contributed by atoms with Gasteiger partial charge in [-0.1, -0.05) is 6.92 Å². The van der Waals surface area contributed by atoms with Crippen LogP contribution in [0.15, 0.2) is 12.3 Å². The number of rotatable bonds is 7. The van der Waals surface area contributed by atoms with E-state index < -0.39 is 36.0 Å². The van der Waals surface area contributed by atoms with E-state index in [0.717, 1.165) is 0 Å². The number of hydrogen-bond donors (Lipinski definition) is 1. The Morgan fingerprint density at radius 3 is 2.13 bits per heavy atom. The van der Waals surface area contributed by atoms with Crippen LogP contribution in [0.5, 0.6) is 0 Å². The SMILES string of the molecule is CC(C)N(C(=O)O/C=C\[C@H](C)[C@H](O)[C@@H]1OC(C)(C)O[C@@H]1[C@H]1COC(C)(C)O1)C(C)C. The molecule has 2 fully saturated rings. The maximum atomic E-state index is 12.3. The zero-order chi connectivity index (χ0) is 22.9. The van der Waals surface area contributed by atoms with Crippen LogP contribution in [0.1, 0.15) is 62.3 Å². The molecule has 30 heavy (non-hydrogen) atoms. The minimum Gasteiger partial charge on any atom is -0.418 e. The summed E-state index contributed by atoms with van der Waals surface area (Å²) in [5, 5.41) is 11.0. The van der Waals surface area contributed by atoms with E-state index in [-0.39, 0.29) is 24.1 Å². The van der Waals surface area contributed by atoms with E-state index in [9.17, 15) is 9.90 Å². The van der Waals surface area contributed by atoms with Gasteiger partial charge >= 0.3 is 6.09 Å². The van der Waals surface area contributed by atoms with Crippen molar-refractivity contribution in [3.05, 3.63) is 12.3 Å². The number of amides is 1. The van der Waals surface area contributed by atoms with Crippen LogP contribution in [0, 0.1) is 5.92 Å². The summed E-state index contributed by atoms with van der Waals surface area (Å²) >= 11 is 0. The second kappa shape index (κ2) is 9.53. The van der Waals surface area contributed by atoms with Crippen LogP contribution in [0.25, 0.3) is 0 Å². The first-order valence-corrected chi connectivity index (χ1v) is 10.7. The molecule has 0 aromatic carbocycles. The Balaban J connectivity index is 2.01. The van der Waals surface area contributed by atoms with Crippen molar-refractivity contribution in [1.29, 1.82) is 0 Å². The van der Waals surface area contributed by atoms with Crippen LogP contribution in [-0.4, -0.2) is 70.8 Å². The molecule has 0 aromatic heterocycles. The molecule has 2 heterocycles. The molecular weight excluding hydrogens is 390 g/mol. The maximum absolute atomic E-state index is 12.3. The molecule has 1 amide bonds. The molecule has 0 aliphatic carbocycles. The Morgan fingerprint density at radius 2 is 1.63 bits per heavy atom. The van der Waals surface area contributed by atoms with Crippen LogP contribution < -0.4 is 0 Å². The summed E-state index contributed by atoms with van der Waals surface area (Å²) in [7, 11) is 0. The van der Waals surface area contributed by atoms with E-state index in [1.807, 2.05) is 62.3 Å². The zero-order valence-corrected chi connectivity index (χ0v) is 19.7. The van der Waals surface area contributed by atoms with Gasteiger partial charge < -0.3 is 33.7 Å². The second-order valence-electron chi connectivity index (χ2n) is 9.59. The Morgan fingerprint density at radius 1 is 1.03 bits per heavy atom. The normalized spacial score (nSPS) is 30.2. The van der Waals surface area contributed by atoms with E-state index in [4.69, 9.17) is 23.7 Å². The molecule has 5 atom stereocenters. The predicted molar refractivity (Wildman–Crippen MR) is 112 cm³/mol. The van der Waals surface area contributed by atoms with Gasteiger partial charge in [0.15, 0.2) is 11.6 Å². The summed E-state index contributed by atoms with van der Waals surface area (Å²) in [6, 6.07) is 0.0534. The number of nitrogens with zero attached hydrogens (tertiary/aromatic N) is 1. The van der Waals surface area contributed by atoms with Gasteiger partial charge in [0, 0.05) is 18.0 Å². The number of ether oxygens (including phenoxy) is 5. The zero-order valence-electron chi connectivity index (χ0n) is 19.7. The largest absolute Gasteiger partial charge is 0.418 e. The van der Waals surface area contributed by atoms with Gasteiger partial charge in [0.05, 0.1) is 19.0 Å². The van der Waals surface area contributed by atoms with Gasteiger partial charge in [-0.25, -0.2) is 4.79 Å². The highest BCUT2D eigenvalue weighted by molar-refractivity contribution is 5.68. The van der Waals surface area contributed by atoms with Crippen molar-refractivity contribution in [3.63, 3.8) is 0 Å². The molecule has 0 spiro atoms. The van der Waals surface area contributed by atoms with Crippen molar-refractivity contribution in [2.24, 2.45) is 5.92 Å². The number of carbonyl (C=O) groups is 1. The molecule has 2 aliphatic heterocycles. The molecule has 0 aromatic rings. The number of hydrogen-bond acceptors (Lipinski definition) is 7. The molecule has 1 N–H and O–H groups in total. The maximum Gasteiger partial charge on any atom is 0.415 e. The van der Waals surface area contributed by atoms with Crippen LogP contribution >= 0.6 is 0 Å². The molecule has 8 heteroatoms. The molecule has 0 radical (unpaired) electrons.